The normalized spacial score (nSPS) is 14.2. The first-order chi connectivity index (χ1) is 20.9. The number of thiocarbonyl (C=S) groups is 1. The van der Waals surface area contributed by atoms with Crippen LogP contribution in [0.1, 0.15) is 12.5 Å². The Kier molecular flexibility index (Phi) is 8.05. The molecule has 0 radical (unpaired) electrons. The number of hydrogen-bond donors (Lipinski definition) is 1. The third-order valence-electron chi connectivity index (χ3n) is 7.04. The van der Waals surface area contributed by atoms with Crippen molar-refractivity contribution >= 4 is 56.8 Å². The summed E-state index contributed by atoms with van der Waals surface area (Å²) in [5.41, 5.74) is 5.80. The molecule has 1 aliphatic rings. The minimum atomic E-state index is -0.544. The molecule has 0 bridgehead atoms. The molecular formula is C35H26BrN3O3S. The highest BCUT2D eigenvalue weighted by atomic mass is 79.9. The molecule has 0 aliphatic carbocycles. The molecule has 0 unspecified atom stereocenters. The Balaban J connectivity index is 1.57. The lowest BCUT2D eigenvalue weighted by Gasteiger charge is -2.29. The second-order valence-electron chi connectivity index (χ2n) is 9.76. The molecule has 5 aromatic rings. The van der Waals surface area contributed by atoms with E-state index in [1.54, 1.807) is 18.2 Å². The lowest BCUT2D eigenvalue weighted by Crippen LogP contribution is -2.54. The predicted molar refractivity (Wildman–Crippen MR) is 178 cm³/mol. The third-order valence-corrected chi connectivity index (χ3v) is 7.85. The van der Waals surface area contributed by atoms with Crippen molar-refractivity contribution in [3.05, 3.63) is 131 Å². The van der Waals surface area contributed by atoms with Gasteiger partial charge in [-0.25, -0.2) is 0 Å². The van der Waals surface area contributed by atoms with Crippen molar-refractivity contribution in [1.82, 2.24) is 9.88 Å². The summed E-state index contributed by atoms with van der Waals surface area (Å²) in [7, 11) is 0. The Bertz CT molecular complexity index is 1850. The Labute approximate surface area is 263 Å². The number of rotatable bonds is 7. The summed E-state index contributed by atoms with van der Waals surface area (Å²) in [6.45, 7) is 2.52. The summed E-state index contributed by atoms with van der Waals surface area (Å²) in [4.78, 5) is 28.5. The van der Waals surface area contributed by atoms with E-state index in [0.717, 1.165) is 38.4 Å². The van der Waals surface area contributed by atoms with Gasteiger partial charge in [-0.15, -0.1) is 0 Å². The van der Waals surface area contributed by atoms with Gasteiger partial charge in [0.2, 0.25) is 0 Å². The van der Waals surface area contributed by atoms with Gasteiger partial charge in [-0.05, 0) is 90.9 Å². The number of nitrogens with one attached hydrogen (secondary N) is 1. The monoisotopic (exact) mass is 647 g/mol. The van der Waals surface area contributed by atoms with Gasteiger partial charge in [-0.3, -0.25) is 19.8 Å². The van der Waals surface area contributed by atoms with Crippen LogP contribution in [0.15, 0.2) is 125 Å². The first-order valence-electron chi connectivity index (χ1n) is 13.7. The van der Waals surface area contributed by atoms with E-state index in [1.165, 1.54) is 4.90 Å². The standard InChI is InChI=1S/C35H26BrN3O3S/c1-2-42-29-19-17-27(18-20-29)38-31(23-9-5-3-6-10-23)22-25(32(38)24-11-7-4-8-12-24)21-30-33(40)37-35(43)39(34(30)41)28-15-13-26(36)14-16-28/h3-22H,2H2,1H3,(H,37,40,43)/b30-21+. The van der Waals surface area contributed by atoms with Crippen LogP contribution >= 0.6 is 28.1 Å². The molecule has 6 nitrogen and oxygen atoms in total. The first-order valence-corrected chi connectivity index (χ1v) is 14.9. The van der Waals surface area contributed by atoms with E-state index in [9.17, 15) is 9.59 Å². The Morgan fingerprint density at radius 2 is 1.42 bits per heavy atom. The van der Waals surface area contributed by atoms with E-state index in [-0.39, 0.29) is 10.7 Å². The summed E-state index contributed by atoms with van der Waals surface area (Å²) in [5, 5.41) is 2.74. The van der Waals surface area contributed by atoms with Gasteiger partial charge >= 0.3 is 0 Å². The minimum absolute atomic E-state index is 0.0165. The number of benzene rings is 4. The molecule has 43 heavy (non-hydrogen) atoms. The van der Waals surface area contributed by atoms with Crippen LogP contribution in [0.4, 0.5) is 5.69 Å². The number of carbonyl (C=O) groups excluding carboxylic acids is 2. The third kappa shape index (κ3) is 5.67. The second kappa shape index (κ2) is 12.2. The average Bonchev–Trinajstić information content (AvgIpc) is 3.41. The molecule has 0 saturated carbocycles. The lowest BCUT2D eigenvalue weighted by atomic mass is 10.0. The largest absolute Gasteiger partial charge is 0.494 e. The van der Waals surface area contributed by atoms with Crippen LogP contribution in [0.5, 0.6) is 5.75 Å². The van der Waals surface area contributed by atoms with Gasteiger partial charge in [0.15, 0.2) is 5.11 Å². The molecule has 1 aromatic heterocycles. The lowest BCUT2D eigenvalue weighted by molar-refractivity contribution is -0.122. The summed E-state index contributed by atoms with van der Waals surface area (Å²) in [6.07, 6.45) is 1.66. The fraction of sp³-hybridized carbons (Fsp3) is 0.0571. The van der Waals surface area contributed by atoms with Crippen molar-refractivity contribution < 1.29 is 14.3 Å². The number of amides is 2. The van der Waals surface area contributed by atoms with Crippen LogP contribution < -0.4 is 15.0 Å². The fourth-order valence-electron chi connectivity index (χ4n) is 5.12. The Hall–Kier alpha value is -4.79. The zero-order chi connectivity index (χ0) is 29.9. The number of anilines is 1. The zero-order valence-corrected chi connectivity index (χ0v) is 25.6. The summed E-state index contributed by atoms with van der Waals surface area (Å²) < 4.78 is 8.71. The highest BCUT2D eigenvalue weighted by Gasteiger charge is 2.35. The topological polar surface area (TPSA) is 63.6 Å². The van der Waals surface area contributed by atoms with Gasteiger partial charge in [0.25, 0.3) is 11.8 Å². The molecule has 4 aromatic carbocycles. The molecular weight excluding hydrogens is 622 g/mol. The van der Waals surface area contributed by atoms with Gasteiger partial charge in [-0.1, -0.05) is 76.6 Å². The highest BCUT2D eigenvalue weighted by Crippen LogP contribution is 2.38. The van der Waals surface area contributed by atoms with Crippen molar-refractivity contribution in [3.63, 3.8) is 0 Å². The quantitative estimate of drug-likeness (QED) is 0.111. The molecule has 6 rings (SSSR count). The van der Waals surface area contributed by atoms with Crippen LogP contribution in [0.25, 0.3) is 34.3 Å². The van der Waals surface area contributed by atoms with E-state index >= 15 is 0 Å². The molecule has 0 atom stereocenters. The van der Waals surface area contributed by atoms with Crippen molar-refractivity contribution in [2.45, 2.75) is 6.92 Å². The molecule has 0 spiro atoms. The Morgan fingerprint density at radius 3 is 2.05 bits per heavy atom. The Morgan fingerprint density at radius 1 is 0.814 bits per heavy atom. The van der Waals surface area contributed by atoms with Crippen molar-refractivity contribution in [1.29, 1.82) is 0 Å². The highest BCUT2D eigenvalue weighted by molar-refractivity contribution is 9.10. The van der Waals surface area contributed by atoms with Crippen LogP contribution in [0, 0.1) is 0 Å². The number of halogens is 1. The molecule has 2 amide bonds. The van der Waals surface area contributed by atoms with E-state index in [1.807, 2.05) is 110 Å². The second-order valence-corrected chi connectivity index (χ2v) is 11.1. The van der Waals surface area contributed by atoms with E-state index in [2.05, 4.69) is 25.8 Å². The maximum atomic E-state index is 13.9. The number of hydrogen-bond acceptors (Lipinski definition) is 4. The maximum absolute atomic E-state index is 13.9. The van der Waals surface area contributed by atoms with Gasteiger partial charge in [-0.2, -0.15) is 0 Å². The van der Waals surface area contributed by atoms with Crippen LogP contribution in [-0.4, -0.2) is 28.1 Å². The van der Waals surface area contributed by atoms with Gasteiger partial charge in [0.1, 0.15) is 11.3 Å². The van der Waals surface area contributed by atoms with E-state index in [4.69, 9.17) is 17.0 Å². The molecule has 1 fully saturated rings. The molecule has 2 heterocycles. The van der Waals surface area contributed by atoms with Gasteiger partial charge in [0.05, 0.1) is 23.7 Å². The minimum Gasteiger partial charge on any atom is -0.494 e. The van der Waals surface area contributed by atoms with E-state index in [0.29, 0.717) is 17.9 Å². The molecule has 212 valence electrons. The first kappa shape index (κ1) is 28.3. The zero-order valence-electron chi connectivity index (χ0n) is 23.2. The number of ether oxygens (including phenoxy) is 1. The number of nitrogens with zero attached hydrogens (tertiary/aromatic N) is 2. The van der Waals surface area contributed by atoms with Gasteiger partial charge in [0, 0.05) is 15.7 Å². The summed E-state index contributed by atoms with van der Waals surface area (Å²) in [6, 6.07) is 37.0. The molecule has 1 N–H and O–H groups in total. The molecule has 1 saturated heterocycles. The van der Waals surface area contributed by atoms with Crippen molar-refractivity contribution in [2.75, 3.05) is 11.5 Å². The number of carbonyl (C=O) groups is 2. The number of aromatic nitrogens is 1. The van der Waals surface area contributed by atoms with Crippen LogP contribution in [0.2, 0.25) is 0 Å². The smallest absolute Gasteiger partial charge is 0.270 e. The summed E-state index contributed by atoms with van der Waals surface area (Å²) >= 11 is 8.85. The molecule has 8 heteroatoms. The van der Waals surface area contributed by atoms with Crippen molar-refractivity contribution in [3.8, 4) is 34.0 Å². The predicted octanol–water partition coefficient (Wildman–Crippen LogP) is 7.80. The maximum Gasteiger partial charge on any atom is 0.270 e. The molecule has 1 aliphatic heterocycles. The summed E-state index contributed by atoms with van der Waals surface area (Å²) in [5.74, 6) is -0.264. The van der Waals surface area contributed by atoms with Crippen LogP contribution in [-0.2, 0) is 9.59 Å². The van der Waals surface area contributed by atoms with Crippen LogP contribution in [0.3, 0.4) is 0 Å². The SMILES string of the molecule is CCOc1ccc(-n2c(-c3ccccc3)cc(/C=C3\C(=O)NC(=S)N(c4ccc(Br)cc4)C3=O)c2-c2ccccc2)cc1. The fourth-order valence-corrected chi connectivity index (χ4v) is 5.66. The van der Waals surface area contributed by atoms with Crippen molar-refractivity contribution in [2.24, 2.45) is 0 Å². The average molecular weight is 649 g/mol. The van der Waals surface area contributed by atoms with E-state index < -0.39 is 11.8 Å². The van der Waals surface area contributed by atoms with Gasteiger partial charge < -0.3 is 9.30 Å².